The predicted molar refractivity (Wildman–Crippen MR) is 87.4 cm³/mol. The lowest BCUT2D eigenvalue weighted by Gasteiger charge is -2.25. The molecular weight excluding hydrogens is 306 g/mol. The van der Waals surface area contributed by atoms with Gasteiger partial charge in [0.2, 0.25) is 11.8 Å². The third-order valence-corrected chi connectivity index (χ3v) is 4.80. The molecule has 4 rings (SSSR count). The van der Waals surface area contributed by atoms with Crippen LogP contribution < -0.4 is 10.6 Å². The van der Waals surface area contributed by atoms with Crippen LogP contribution in [0, 0.1) is 6.92 Å². The van der Waals surface area contributed by atoms with Gasteiger partial charge in [0.05, 0.1) is 5.92 Å². The quantitative estimate of drug-likeness (QED) is 0.886. The average Bonchev–Trinajstić information content (AvgIpc) is 3.09. The van der Waals surface area contributed by atoms with Crippen molar-refractivity contribution in [1.29, 1.82) is 0 Å². The van der Waals surface area contributed by atoms with Gasteiger partial charge in [-0.3, -0.25) is 9.59 Å². The molecule has 7 nitrogen and oxygen atoms in total. The van der Waals surface area contributed by atoms with Gasteiger partial charge >= 0.3 is 0 Å². The van der Waals surface area contributed by atoms with Crippen LogP contribution in [0.25, 0.3) is 0 Å². The Balaban J connectivity index is 1.41. The van der Waals surface area contributed by atoms with Crippen molar-refractivity contribution in [3.63, 3.8) is 0 Å². The summed E-state index contributed by atoms with van der Waals surface area (Å²) in [6, 6.07) is 7.59. The van der Waals surface area contributed by atoms with E-state index in [9.17, 15) is 9.59 Å². The number of nitrogens with zero attached hydrogens (tertiary/aromatic N) is 3. The summed E-state index contributed by atoms with van der Waals surface area (Å²) in [5.74, 6) is 1.24. The molecule has 0 bridgehead atoms. The maximum Gasteiger partial charge on any atom is 0.232 e. The molecule has 0 radical (unpaired) electrons. The number of benzene rings is 1. The molecule has 2 amide bonds. The molecule has 2 atom stereocenters. The molecule has 124 valence electrons. The molecular formula is C17H19N5O2. The highest BCUT2D eigenvalue weighted by Crippen LogP contribution is 2.34. The summed E-state index contributed by atoms with van der Waals surface area (Å²) in [5.41, 5.74) is 1.71. The highest BCUT2D eigenvalue weighted by Gasteiger charge is 2.32. The van der Waals surface area contributed by atoms with E-state index in [0.29, 0.717) is 6.54 Å². The molecule has 0 aliphatic carbocycles. The number of aromatic nitrogens is 3. The number of fused-ring (bicyclic) bond motifs is 2. The van der Waals surface area contributed by atoms with Crippen LogP contribution in [0.15, 0.2) is 24.3 Å². The van der Waals surface area contributed by atoms with Gasteiger partial charge in [-0.05, 0) is 25.0 Å². The van der Waals surface area contributed by atoms with E-state index in [1.165, 1.54) is 0 Å². The van der Waals surface area contributed by atoms with Crippen molar-refractivity contribution >= 4 is 17.5 Å². The monoisotopic (exact) mass is 325 g/mol. The number of rotatable bonds is 3. The molecule has 0 fully saturated rings. The molecule has 1 aromatic carbocycles. The first kappa shape index (κ1) is 14.9. The Morgan fingerprint density at radius 1 is 1.38 bits per heavy atom. The highest BCUT2D eigenvalue weighted by atomic mass is 16.2. The van der Waals surface area contributed by atoms with E-state index < -0.39 is 5.92 Å². The van der Waals surface area contributed by atoms with E-state index in [1.54, 1.807) is 0 Å². The minimum absolute atomic E-state index is 0.0550. The molecule has 0 spiro atoms. The molecule has 24 heavy (non-hydrogen) atoms. The second kappa shape index (κ2) is 5.74. The Bertz CT molecular complexity index is 813. The van der Waals surface area contributed by atoms with E-state index in [0.717, 1.165) is 35.7 Å². The number of carbonyl (C=O) groups excluding carboxylic acids is 2. The summed E-state index contributed by atoms with van der Waals surface area (Å²) in [5, 5.41) is 14.1. The fourth-order valence-electron chi connectivity index (χ4n) is 3.53. The smallest absolute Gasteiger partial charge is 0.232 e. The van der Waals surface area contributed by atoms with Crippen LogP contribution in [0.3, 0.4) is 0 Å². The number of aryl methyl sites for hydroxylation is 2. The van der Waals surface area contributed by atoms with E-state index in [-0.39, 0.29) is 24.3 Å². The molecule has 2 aromatic rings. The largest absolute Gasteiger partial charge is 0.352 e. The van der Waals surface area contributed by atoms with Gasteiger partial charge in [0.15, 0.2) is 0 Å². The number of anilines is 1. The second-order valence-electron chi connectivity index (χ2n) is 6.41. The molecule has 2 N–H and O–H groups in total. The van der Waals surface area contributed by atoms with Crippen molar-refractivity contribution in [2.24, 2.45) is 0 Å². The highest BCUT2D eigenvalue weighted by molar-refractivity contribution is 6.04. The molecule has 1 aromatic heterocycles. The van der Waals surface area contributed by atoms with Crippen LogP contribution in [0.2, 0.25) is 0 Å². The van der Waals surface area contributed by atoms with Crippen LogP contribution in [-0.2, 0) is 22.6 Å². The number of amides is 2. The Kier molecular flexibility index (Phi) is 3.55. The van der Waals surface area contributed by atoms with Gasteiger partial charge in [-0.15, -0.1) is 10.2 Å². The maximum absolute atomic E-state index is 12.4. The van der Waals surface area contributed by atoms with Crippen molar-refractivity contribution in [2.45, 2.75) is 44.7 Å². The first-order chi connectivity index (χ1) is 11.6. The zero-order valence-corrected chi connectivity index (χ0v) is 13.5. The molecule has 3 heterocycles. The topological polar surface area (TPSA) is 88.9 Å². The van der Waals surface area contributed by atoms with Gasteiger partial charge in [0.1, 0.15) is 11.6 Å². The number of carbonyl (C=O) groups is 2. The summed E-state index contributed by atoms with van der Waals surface area (Å²) in [6.45, 7) is 2.61. The fourth-order valence-corrected chi connectivity index (χ4v) is 3.53. The molecule has 0 unspecified atom stereocenters. The van der Waals surface area contributed by atoms with Crippen molar-refractivity contribution in [3.05, 3.63) is 41.5 Å². The van der Waals surface area contributed by atoms with Gasteiger partial charge in [-0.2, -0.15) is 0 Å². The van der Waals surface area contributed by atoms with Crippen LogP contribution in [0.4, 0.5) is 5.69 Å². The standard InChI is InChI=1S/C17H19N5O2/c1-10-20-21-15-7-6-11(9-22(10)15)18-16(23)8-13-12-4-2-3-5-14(12)19-17(13)24/h2-5,11,13H,6-9H2,1H3,(H,18,23)(H,19,24)/t11-,13-/m0/s1. The van der Waals surface area contributed by atoms with Crippen molar-refractivity contribution < 1.29 is 9.59 Å². The number of hydrogen-bond acceptors (Lipinski definition) is 4. The van der Waals surface area contributed by atoms with E-state index in [1.807, 2.05) is 35.8 Å². The molecule has 0 saturated carbocycles. The van der Waals surface area contributed by atoms with Gasteiger partial charge in [0, 0.05) is 31.1 Å². The van der Waals surface area contributed by atoms with E-state index in [4.69, 9.17) is 0 Å². The first-order valence-corrected chi connectivity index (χ1v) is 8.19. The van der Waals surface area contributed by atoms with E-state index >= 15 is 0 Å². The van der Waals surface area contributed by atoms with Gasteiger partial charge < -0.3 is 15.2 Å². The normalized spacial score (nSPS) is 21.8. The number of hydrogen-bond donors (Lipinski definition) is 2. The van der Waals surface area contributed by atoms with Gasteiger partial charge in [-0.25, -0.2) is 0 Å². The molecule has 7 heteroatoms. The lowest BCUT2D eigenvalue weighted by atomic mass is 9.96. The second-order valence-corrected chi connectivity index (χ2v) is 6.41. The minimum atomic E-state index is -0.406. The van der Waals surface area contributed by atoms with Crippen molar-refractivity contribution in [2.75, 3.05) is 5.32 Å². The number of para-hydroxylation sites is 1. The van der Waals surface area contributed by atoms with E-state index in [2.05, 4.69) is 20.8 Å². The maximum atomic E-state index is 12.4. The first-order valence-electron chi connectivity index (χ1n) is 8.19. The molecule has 2 aliphatic heterocycles. The SMILES string of the molecule is Cc1nnc2n1C[C@@H](NC(=O)C[C@@H]1C(=O)Nc3ccccc31)CC2. The molecule has 2 aliphatic rings. The Morgan fingerprint density at radius 3 is 3.08 bits per heavy atom. The van der Waals surface area contributed by atoms with Crippen LogP contribution in [-0.4, -0.2) is 32.6 Å². The lowest BCUT2D eigenvalue weighted by molar-refractivity contribution is -0.125. The summed E-state index contributed by atoms with van der Waals surface area (Å²) >= 11 is 0. The summed E-state index contributed by atoms with van der Waals surface area (Å²) in [7, 11) is 0. The lowest BCUT2D eigenvalue weighted by Crippen LogP contribution is -2.42. The van der Waals surface area contributed by atoms with Gasteiger partial charge in [-0.1, -0.05) is 18.2 Å². The Morgan fingerprint density at radius 2 is 2.21 bits per heavy atom. The minimum Gasteiger partial charge on any atom is -0.352 e. The fraction of sp³-hybridized carbons (Fsp3) is 0.412. The summed E-state index contributed by atoms with van der Waals surface area (Å²) in [4.78, 5) is 24.5. The zero-order chi connectivity index (χ0) is 16.7. The summed E-state index contributed by atoms with van der Waals surface area (Å²) in [6.07, 6.45) is 1.82. The van der Waals surface area contributed by atoms with Gasteiger partial charge in [0.25, 0.3) is 0 Å². The third kappa shape index (κ3) is 2.55. The summed E-state index contributed by atoms with van der Waals surface area (Å²) < 4.78 is 2.05. The van der Waals surface area contributed by atoms with Crippen LogP contribution in [0.5, 0.6) is 0 Å². The number of nitrogens with one attached hydrogen (secondary N) is 2. The van der Waals surface area contributed by atoms with Crippen molar-refractivity contribution in [1.82, 2.24) is 20.1 Å². The van der Waals surface area contributed by atoms with Crippen LogP contribution in [0.1, 0.15) is 36.0 Å². The molecule has 0 saturated heterocycles. The van der Waals surface area contributed by atoms with Crippen LogP contribution >= 0.6 is 0 Å². The zero-order valence-electron chi connectivity index (χ0n) is 13.5. The Hall–Kier alpha value is -2.70. The van der Waals surface area contributed by atoms with Crippen molar-refractivity contribution in [3.8, 4) is 0 Å². The Labute approximate surface area is 139 Å². The third-order valence-electron chi connectivity index (χ3n) is 4.80. The average molecular weight is 325 g/mol. The predicted octanol–water partition coefficient (Wildman–Crippen LogP) is 1.14.